The van der Waals surface area contributed by atoms with E-state index in [0.717, 1.165) is 32.0 Å². The Morgan fingerprint density at radius 1 is 1.14 bits per heavy atom. The second-order valence-corrected chi connectivity index (χ2v) is 7.17. The van der Waals surface area contributed by atoms with Crippen molar-refractivity contribution in [2.75, 3.05) is 25.5 Å². The van der Waals surface area contributed by atoms with Crippen LogP contribution < -0.4 is 14.8 Å². The molecule has 5 nitrogen and oxygen atoms in total. The van der Waals surface area contributed by atoms with Crippen molar-refractivity contribution in [3.05, 3.63) is 53.1 Å². The Balaban J connectivity index is 1.73. The smallest absolute Gasteiger partial charge is 0.489 e. The van der Waals surface area contributed by atoms with E-state index in [-0.39, 0.29) is 11.7 Å². The minimum atomic E-state index is -4.90. The van der Waals surface area contributed by atoms with E-state index in [0.29, 0.717) is 16.5 Å². The Kier molecular flexibility index (Phi) is 6.54. The number of para-hydroxylation sites is 1. The average Bonchev–Trinajstić information content (AvgIpc) is 2.65. The molecule has 0 aliphatic carbocycles. The Morgan fingerprint density at radius 2 is 1.83 bits per heavy atom. The quantitative estimate of drug-likeness (QED) is 0.731. The third kappa shape index (κ3) is 6.01. The molecule has 0 atom stereocenters. The summed E-state index contributed by atoms with van der Waals surface area (Å²) in [6.45, 7) is 1.82. The zero-order valence-electron chi connectivity index (χ0n) is 15.6. The summed E-state index contributed by atoms with van der Waals surface area (Å²) in [4.78, 5) is 14.7. The molecule has 1 N–H and O–H groups in total. The van der Waals surface area contributed by atoms with Gasteiger partial charge in [0.2, 0.25) is 0 Å². The lowest BCUT2D eigenvalue weighted by Gasteiger charge is -2.29. The standard InChI is InChI=1S/C20H20ClF3N2O3/c1-26-10-8-14(9-11-26)28-18-12-13(6-7-16(18)21)25-19(27)15-4-2-3-5-17(15)29-20(22,23)24/h2-7,12,14H,8-11H2,1H3,(H,25,27). The summed E-state index contributed by atoms with van der Waals surface area (Å²) in [5, 5.41) is 2.95. The van der Waals surface area contributed by atoms with E-state index in [1.807, 2.05) is 7.05 Å². The highest BCUT2D eigenvalue weighted by Gasteiger charge is 2.32. The van der Waals surface area contributed by atoms with Crippen molar-refractivity contribution >= 4 is 23.2 Å². The first-order valence-corrected chi connectivity index (χ1v) is 9.40. The number of piperidine rings is 1. The van der Waals surface area contributed by atoms with Crippen molar-refractivity contribution in [2.24, 2.45) is 0 Å². The van der Waals surface area contributed by atoms with Gasteiger partial charge in [0.1, 0.15) is 17.6 Å². The zero-order valence-corrected chi connectivity index (χ0v) is 16.4. The van der Waals surface area contributed by atoms with Crippen molar-refractivity contribution in [3.8, 4) is 11.5 Å². The Morgan fingerprint density at radius 3 is 2.52 bits per heavy atom. The molecular formula is C20H20ClF3N2O3. The Hall–Kier alpha value is -2.45. The van der Waals surface area contributed by atoms with Crippen LogP contribution >= 0.6 is 11.6 Å². The predicted molar refractivity (Wildman–Crippen MR) is 104 cm³/mol. The number of hydrogen-bond donors (Lipinski definition) is 1. The highest BCUT2D eigenvalue weighted by molar-refractivity contribution is 6.32. The van der Waals surface area contributed by atoms with Gasteiger partial charge in [-0.2, -0.15) is 0 Å². The number of carbonyl (C=O) groups is 1. The van der Waals surface area contributed by atoms with Crippen molar-refractivity contribution in [1.29, 1.82) is 0 Å². The maximum absolute atomic E-state index is 12.6. The third-order valence-electron chi connectivity index (χ3n) is 4.51. The number of hydrogen-bond acceptors (Lipinski definition) is 4. The van der Waals surface area contributed by atoms with Crippen LogP contribution in [-0.4, -0.2) is 43.4 Å². The molecule has 29 heavy (non-hydrogen) atoms. The number of carbonyl (C=O) groups excluding carboxylic acids is 1. The molecule has 156 valence electrons. The van der Waals surface area contributed by atoms with Gasteiger partial charge >= 0.3 is 6.36 Å². The number of benzene rings is 2. The number of amides is 1. The fraction of sp³-hybridized carbons (Fsp3) is 0.350. The summed E-state index contributed by atoms with van der Waals surface area (Å²) < 4.78 is 47.6. The Bertz CT molecular complexity index is 868. The van der Waals surface area contributed by atoms with E-state index >= 15 is 0 Å². The molecule has 0 spiro atoms. The SMILES string of the molecule is CN1CCC(Oc2cc(NC(=O)c3ccccc3OC(F)(F)F)ccc2Cl)CC1. The summed E-state index contributed by atoms with van der Waals surface area (Å²) in [7, 11) is 2.04. The van der Waals surface area contributed by atoms with Gasteiger partial charge < -0.3 is 19.7 Å². The monoisotopic (exact) mass is 428 g/mol. The number of alkyl halides is 3. The molecule has 2 aromatic rings. The van der Waals surface area contributed by atoms with Crippen LogP contribution in [0.3, 0.4) is 0 Å². The van der Waals surface area contributed by atoms with Crippen LogP contribution in [0.2, 0.25) is 5.02 Å². The normalized spacial score (nSPS) is 15.8. The maximum atomic E-state index is 12.6. The number of likely N-dealkylation sites (tertiary alicyclic amines) is 1. The summed E-state index contributed by atoms with van der Waals surface area (Å²) >= 11 is 6.20. The van der Waals surface area contributed by atoms with Gasteiger partial charge in [-0.15, -0.1) is 13.2 Å². The van der Waals surface area contributed by atoms with Gasteiger partial charge in [0, 0.05) is 24.8 Å². The molecule has 0 radical (unpaired) electrons. The van der Waals surface area contributed by atoms with Crippen LogP contribution in [-0.2, 0) is 0 Å². The molecule has 3 rings (SSSR count). The second-order valence-electron chi connectivity index (χ2n) is 6.76. The fourth-order valence-corrected chi connectivity index (χ4v) is 3.18. The first-order valence-electron chi connectivity index (χ1n) is 9.02. The molecule has 1 saturated heterocycles. The molecule has 0 saturated carbocycles. The topological polar surface area (TPSA) is 50.8 Å². The largest absolute Gasteiger partial charge is 0.573 e. The number of anilines is 1. The van der Waals surface area contributed by atoms with E-state index in [1.165, 1.54) is 18.2 Å². The summed E-state index contributed by atoms with van der Waals surface area (Å²) in [6, 6.07) is 9.82. The summed E-state index contributed by atoms with van der Waals surface area (Å²) in [5.74, 6) is -0.898. The van der Waals surface area contributed by atoms with E-state index in [1.54, 1.807) is 18.2 Å². The zero-order chi connectivity index (χ0) is 21.0. The third-order valence-corrected chi connectivity index (χ3v) is 4.82. The molecule has 1 heterocycles. The van der Waals surface area contributed by atoms with Gasteiger partial charge in [0.05, 0.1) is 10.6 Å². The van der Waals surface area contributed by atoms with Crippen molar-refractivity contribution < 1.29 is 27.4 Å². The molecule has 0 aromatic heterocycles. The van der Waals surface area contributed by atoms with Gasteiger partial charge in [-0.25, -0.2) is 0 Å². The molecule has 2 aromatic carbocycles. The summed E-state index contributed by atoms with van der Waals surface area (Å²) in [5.41, 5.74) is 0.113. The van der Waals surface area contributed by atoms with Gasteiger partial charge in [-0.3, -0.25) is 4.79 Å². The van der Waals surface area contributed by atoms with Gasteiger partial charge in [0.15, 0.2) is 0 Å². The molecular weight excluding hydrogens is 409 g/mol. The molecule has 0 bridgehead atoms. The van der Waals surface area contributed by atoms with E-state index in [2.05, 4.69) is 15.0 Å². The first kappa shape index (κ1) is 21.3. The lowest BCUT2D eigenvalue weighted by Crippen LogP contribution is -2.35. The predicted octanol–water partition coefficient (Wildman–Crippen LogP) is 4.96. The minimum absolute atomic E-state index is 0.00978. The summed E-state index contributed by atoms with van der Waals surface area (Å²) in [6.07, 6.45) is -3.18. The number of rotatable bonds is 5. The van der Waals surface area contributed by atoms with E-state index < -0.39 is 18.0 Å². The second kappa shape index (κ2) is 8.92. The Labute approximate surface area is 171 Å². The van der Waals surface area contributed by atoms with Crippen LogP contribution in [0, 0.1) is 0 Å². The molecule has 1 fully saturated rings. The highest BCUT2D eigenvalue weighted by Crippen LogP contribution is 2.31. The molecule has 1 aliphatic rings. The molecule has 0 unspecified atom stereocenters. The minimum Gasteiger partial charge on any atom is -0.489 e. The van der Waals surface area contributed by atoms with Gasteiger partial charge in [-0.05, 0) is 44.2 Å². The van der Waals surface area contributed by atoms with Crippen LogP contribution in [0.5, 0.6) is 11.5 Å². The van der Waals surface area contributed by atoms with Crippen LogP contribution in [0.25, 0.3) is 0 Å². The van der Waals surface area contributed by atoms with Crippen molar-refractivity contribution in [1.82, 2.24) is 4.90 Å². The van der Waals surface area contributed by atoms with Crippen LogP contribution in [0.15, 0.2) is 42.5 Å². The van der Waals surface area contributed by atoms with Crippen molar-refractivity contribution in [2.45, 2.75) is 25.3 Å². The number of nitrogens with one attached hydrogen (secondary N) is 1. The lowest BCUT2D eigenvalue weighted by atomic mass is 10.1. The first-order chi connectivity index (χ1) is 13.7. The van der Waals surface area contributed by atoms with Gasteiger partial charge in [-0.1, -0.05) is 23.7 Å². The number of ether oxygens (including phenoxy) is 2. The van der Waals surface area contributed by atoms with Crippen molar-refractivity contribution in [3.63, 3.8) is 0 Å². The number of halogens is 4. The van der Waals surface area contributed by atoms with E-state index in [4.69, 9.17) is 16.3 Å². The molecule has 9 heteroatoms. The average molecular weight is 429 g/mol. The molecule has 1 amide bonds. The van der Waals surface area contributed by atoms with Gasteiger partial charge in [0.25, 0.3) is 5.91 Å². The molecule has 1 aliphatic heterocycles. The highest BCUT2D eigenvalue weighted by atomic mass is 35.5. The lowest BCUT2D eigenvalue weighted by molar-refractivity contribution is -0.274. The number of nitrogens with zero attached hydrogens (tertiary/aromatic N) is 1. The van der Waals surface area contributed by atoms with Crippen LogP contribution in [0.4, 0.5) is 18.9 Å². The maximum Gasteiger partial charge on any atom is 0.573 e. The fourth-order valence-electron chi connectivity index (χ4n) is 3.02. The van der Waals surface area contributed by atoms with E-state index in [9.17, 15) is 18.0 Å². The van der Waals surface area contributed by atoms with Crippen LogP contribution in [0.1, 0.15) is 23.2 Å².